The molecule has 1 amide bonds. The van der Waals surface area contributed by atoms with Crippen LogP contribution in [0.25, 0.3) is 11.1 Å². The molecule has 0 saturated carbocycles. The van der Waals surface area contributed by atoms with Gasteiger partial charge in [0.25, 0.3) is 5.69 Å². The molecular weight excluding hydrogens is 436 g/mol. The van der Waals surface area contributed by atoms with Gasteiger partial charge >= 0.3 is 6.09 Å². The van der Waals surface area contributed by atoms with E-state index in [9.17, 15) is 14.9 Å². The van der Waals surface area contributed by atoms with Crippen molar-refractivity contribution in [3.05, 3.63) is 94.0 Å². The van der Waals surface area contributed by atoms with Gasteiger partial charge in [-0.25, -0.2) is 4.79 Å². The number of nitrogens with zero attached hydrogens (tertiary/aromatic N) is 1. The summed E-state index contributed by atoms with van der Waals surface area (Å²) in [6, 6.07) is 22.3. The molecule has 1 N–H and O–H groups in total. The van der Waals surface area contributed by atoms with Gasteiger partial charge in [0, 0.05) is 31.2 Å². The topological polar surface area (TPSA) is 99.9 Å². The highest BCUT2D eigenvalue weighted by Crippen LogP contribution is 2.44. The second-order valence-electron chi connectivity index (χ2n) is 7.82. The Hall–Kier alpha value is -3.91. The molecule has 0 heterocycles. The number of non-ortho nitro benzene ring substituents is 1. The van der Waals surface area contributed by atoms with Gasteiger partial charge in [0.1, 0.15) is 19.0 Å². The molecule has 0 aromatic heterocycles. The highest BCUT2D eigenvalue weighted by molar-refractivity contribution is 5.79. The Bertz CT molecular complexity index is 1090. The number of carbonyl (C=O) groups is 1. The average Bonchev–Trinajstić information content (AvgIpc) is 3.18. The Labute approximate surface area is 197 Å². The molecule has 0 aliphatic heterocycles. The molecule has 34 heavy (non-hydrogen) atoms. The molecule has 1 aliphatic carbocycles. The summed E-state index contributed by atoms with van der Waals surface area (Å²) in [4.78, 5) is 22.3. The van der Waals surface area contributed by atoms with E-state index in [4.69, 9.17) is 14.2 Å². The summed E-state index contributed by atoms with van der Waals surface area (Å²) in [6.45, 7) is 1.91. The molecule has 0 radical (unpaired) electrons. The fourth-order valence-electron chi connectivity index (χ4n) is 4.00. The number of hydrogen-bond donors (Lipinski definition) is 1. The number of nitrogens with one attached hydrogen (secondary N) is 1. The lowest BCUT2D eigenvalue weighted by Gasteiger charge is -2.14. The van der Waals surface area contributed by atoms with Crippen molar-refractivity contribution in [3.8, 4) is 16.9 Å². The molecular formula is C26H26N2O6. The van der Waals surface area contributed by atoms with Crippen molar-refractivity contribution in [2.45, 2.75) is 12.3 Å². The van der Waals surface area contributed by atoms with Crippen molar-refractivity contribution in [2.75, 3.05) is 33.0 Å². The molecule has 8 nitrogen and oxygen atoms in total. The van der Waals surface area contributed by atoms with Crippen molar-refractivity contribution >= 4 is 11.8 Å². The van der Waals surface area contributed by atoms with E-state index in [1.54, 1.807) is 12.1 Å². The number of carbonyl (C=O) groups excluding carboxylic acids is 1. The van der Waals surface area contributed by atoms with E-state index in [1.165, 1.54) is 34.4 Å². The second kappa shape index (κ2) is 11.3. The predicted molar refractivity (Wildman–Crippen MR) is 127 cm³/mol. The minimum atomic E-state index is -0.455. The van der Waals surface area contributed by atoms with Crippen molar-refractivity contribution in [2.24, 2.45) is 0 Å². The van der Waals surface area contributed by atoms with Gasteiger partial charge in [-0.2, -0.15) is 0 Å². The Kier molecular flexibility index (Phi) is 7.72. The summed E-state index contributed by atoms with van der Waals surface area (Å²) in [7, 11) is 0. The van der Waals surface area contributed by atoms with Crippen LogP contribution < -0.4 is 10.1 Å². The maximum atomic E-state index is 12.1. The number of hydrogen-bond acceptors (Lipinski definition) is 6. The quantitative estimate of drug-likeness (QED) is 0.247. The van der Waals surface area contributed by atoms with Gasteiger partial charge in [0.05, 0.1) is 11.5 Å². The molecule has 8 heteroatoms. The van der Waals surface area contributed by atoms with Crippen LogP contribution in [-0.2, 0) is 9.47 Å². The Morgan fingerprint density at radius 3 is 2.18 bits per heavy atom. The highest BCUT2D eigenvalue weighted by Gasteiger charge is 2.28. The number of ether oxygens (including phenoxy) is 3. The summed E-state index contributed by atoms with van der Waals surface area (Å²) in [5, 5.41) is 13.4. The van der Waals surface area contributed by atoms with Gasteiger partial charge in [-0.3, -0.25) is 10.1 Å². The maximum absolute atomic E-state index is 12.1. The zero-order valence-electron chi connectivity index (χ0n) is 18.6. The van der Waals surface area contributed by atoms with E-state index in [2.05, 4.69) is 29.6 Å². The number of benzene rings is 3. The predicted octanol–water partition coefficient (Wildman–Crippen LogP) is 4.92. The third-order valence-electron chi connectivity index (χ3n) is 5.62. The third kappa shape index (κ3) is 5.71. The summed E-state index contributed by atoms with van der Waals surface area (Å²) in [5.74, 6) is 0.586. The SMILES string of the molecule is O=C(NCCCOCCOc1ccc([N+](=O)[O-])cc1)OCC1c2ccccc2-c2ccccc21. The normalized spacial score (nSPS) is 12.0. The van der Waals surface area contributed by atoms with Crippen molar-refractivity contribution < 1.29 is 23.9 Å². The lowest BCUT2D eigenvalue weighted by Crippen LogP contribution is -2.27. The smallest absolute Gasteiger partial charge is 0.407 e. The number of nitro benzene ring substituents is 1. The molecule has 0 spiro atoms. The van der Waals surface area contributed by atoms with E-state index in [-0.39, 0.29) is 18.2 Å². The summed E-state index contributed by atoms with van der Waals surface area (Å²) >= 11 is 0. The number of amides is 1. The van der Waals surface area contributed by atoms with Gasteiger partial charge in [-0.05, 0) is 40.8 Å². The van der Waals surface area contributed by atoms with Crippen molar-refractivity contribution in [1.82, 2.24) is 5.32 Å². The molecule has 0 unspecified atom stereocenters. The number of fused-ring (bicyclic) bond motifs is 3. The minimum Gasteiger partial charge on any atom is -0.491 e. The summed E-state index contributed by atoms with van der Waals surface area (Å²) in [6.07, 6.45) is 0.199. The second-order valence-corrected chi connectivity index (χ2v) is 7.82. The van der Waals surface area contributed by atoms with E-state index in [0.29, 0.717) is 38.5 Å². The van der Waals surface area contributed by atoms with Crippen LogP contribution in [0.15, 0.2) is 72.8 Å². The molecule has 1 aliphatic rings. The summed E-state index contributed by atoms with van der Waals surface area (Å²) < 4.78 is 16.5. The first kappa shape index (κ1) is 23.3. The zero-order chi connectivity index (χ0) is 23.8. The minimum absolute atomic E-state index is 0.0208. The number of rotatable bonds is 11. The largest absolute Gasteiger partial charge is 0.491 e. The molecule has 0 atom stereocenters. The molecule has 0 fully saturated rings. The maximum Gasteiger partial charge on any atom is 0.407 e. The standard InChI is InChI=1S/C26H26N2O6/c29-26(27-14-5-15-32-16-17-33-20-12-10-19(11-13-20)28(30)31)34-18-25-23-8-3-1-6-21(23)22-7-2-4-9-24(22)25/h1-4,6-13,25H,5,14-18H2,(H,27,29). The van der Waals surface area contributed by atoms with Crippen LogP contribution >= 0.6 is 0 Å². The van der Waals surface area contributed by atoms with E-state index in [1.807, 2.05) is 24.3 Å². The molecule has 3 aromatic rings. The van der Waals surface area contributed by atoms with Crippen molar-refractivity contribution in [3.63, 3.8) is 0 Å². The fraction of sp³-hybridized carbons (Fsp3) is 0.269. The lowest BCUT2D eigenvalue weighted by molar-refractivity contribution is -0.384. The van der Waals surface area contributed by atoms with E-state index < -0.39 is 11.0 Å². The summed E-state index contributed by atoms with van der Waals surface area (Å²) in [5.41, 5.74) is 4.78. The first-order valence-electron chi connectivity index (χ1n) is 11.2. The van der Waals surface area contributed by atoms with Crippen LogP contribution in [0, 0.1) is 10.1 Å². The Morgan fingerprint density at radius 1 is 0.882 bits per heavy atom. The van der Waals surface area contributed by atoms with Gasteiger partial charge in [0.2, 0.25) is 0 Å². The van der Waals surface area contributed by atoms with Crippen LogP contribution in [0.4, 0.5) is 10.5 Å². The third-order valence-corrected chi connectivity index (χ3v) is 5.62. The Morgan fingerprint density at radius 2 is 1.53 bits per heavy atom. The van der Waals surface area contributed by atoms with Crippen LogP contribution in [0.3, 0.4) is 0 Å². The van der Waals surface area contributed by atoms with Crippen LogP contribution in [-0.4, -0.2) is 44.0 Å². The van der Waals surface area contributed by atoms with Crippen molar-refractivity contribution in [1.29, 1.82) is 0 Å². The van der Waals surface area contributed by atoms with Gasteiger partial charge in [-0.15, -0.1) is 0 Å². The molecule has 3 aromatic carbocycles. The number of alkyl carbamates (subject to hydrolysis) is 1. The molecule has 0 bridgehead atoms. The first-order valence-corrected chi connectivity index (χ1v) is 11.2. The van der Waals surface area contributed by atoms with Crippen LogP contribution in [0.1, 0.15) is 23.5 Å². The number of nitro groups is 1. The van der Waals surface area contributed by atoms with Crippen LogP contribution in [0.5, 0.6) is 5.75 Å². The molecule has 0 saturated heterocycles. The highest BCUT2D eigenvalue weighted by atomic mass is 16.6. The van der Waals surface area contributed by atoms with E-state index >= 15 is 0 Å². The fourth-order valence-corrected chi connectivity index (χ4v) is 4.00. The Balaban J connectivity index is 1.10. The zero-order valence-corrected chi connectivity index (χ0v) is 18.6. The van der Waals surface area contributed by atoms with Gasteiger partial charge in [0.15, 0.2) is 0 Å². The molecule has 176 valence electrons. The monoisotopic (exact) mass is 462 g/mol. The van der Waals surface area contributed by atoms with Gasteiger partial charge < -0.3 is 19.5 Å². The van der Waals surface area contributed by atoms with Gasteiger partial charge in [-0.1, -0.05) is 48.5 Å². The lowest BCUT2D eigenvalue weighted by atomic mass is 9.98. The average molecular weight is 463 g/mol. The molecule has 4 rings (SSSR count). The first-order chi connectivity index (χ1) is 16.6. The van der Waals surface area contributed by atoms with Crippen LogP contribution in [0.2, 0.25) is 0 Å². The van der Waals surface area contributed by atoms with E-state index in [0.717, 1.165) is 0 Å².